The molecule has 1 amide bonds. The predicted octanol–water partition coefficient (Wildman–Crippen LogP) is 1.42. The van der Waals surface area contributed by atoms with Crippen molar-refractivity contribution in [2.45, 2.75) is 12.8 Å². The van der Waals surface area contributed by atoms with Gasteiger partial charge in [-0.2, -0.15) is 0 Å². The van der Waals surface area contributed by atoms with Crippen LogP contribution >= 0.6 is 0 Å². The summed E-state index contributed by atoms with van der Waals surface area (Å²) in [4.78, 5) is 16.4. The van der Waals surface area contributed by atoms with E-state index in [0.717, 1.165) is 19.4 Å². The molecular formula is C14H19N3O3. The van der Waals surface area contributed by atoms with E-state index >= 15 is 0 Å². The van der Waals surface area contributed by atoms with Gasteiger partial charge in [-0.1, -0.05) is 0 Å². The molecule has 1 heterocycles. The van der Waals surface area contributed by atoms with Crippen molar-refractivity contribution in [1.82, 2.24) is 5.32 Å². The number of carbonyl (C=O) groups excluding carboxylic acids is 1. The second-order valence-electron chi connectivity index (χ2n) is 4.38. The van der Waals surface area contributed by atoms with Crippen LogP contribution in [0.1, 0.15) is 12.8 Å². The minimum atomic E-state index is -0.254. The Morgan fingerprint density at radius 1 is 1.30 bits per heavy atom. The van der Waals surface area contributed by atoms with Crippen LogP contribution in [0.5, 0.6) is 11.5 Å². The molecule has 0 aromatic heterocycles. The van der Waals surface area contributed by atoms with Crippen molar-refractivity contribution in [3.05, 3.63) is 18.2 Å². The molecule has 20 heavy (non-hydrogen) atoms. The number of hydrogen-bond donors (Lipinski definition) is 2. The van der Waals surface area contributed by atoms with Crippen LogP contribution in [-0.4, -0.2) is 39.1 Å². The fourth-order valence-corrected chi connectivity index (χ4v) is 1.93. The van der Waals surface area contributed by atoms with Crippen molar-refractivity contribution in [3.8, 4) is 11.5 Å². The number of rotatable bonds is 4. The molecule has 108 valence electrons. The van der Waals surface area contributed by atoms with Crippen LogP contribution < -0.4 is 20.1 Å². The third kappa shape index (κ3) is 3.40. The Morgan fingerprint density at radius 3 is 2.90 bits per heavy atom. The first-order chi connectivity index (χ1) is 9.74. The summed E-state index contributed by atoms with van der Waals surface area (Å²) in [6, 6.07) is 5.23. The zero-order valence-electron chi connectivity index (χ0n) is 11.7. The van der Waals surface area contributed by atoms with Gasteiger partial charge >= 0.3 is 0 Å². The first-order valence-electron chi connectivity index (χ1n) is 6.56. The first-order valence-corrected chi connectivity index (χ1v) is 6.56. The minimum Gasteiger partial charge on any atom is -0.497 e. The zero-order chi connectivity index (χ0) is 14.4. The highest BCUT2D eigenvalue weighted by molar-refractivity contribution is 6.42. The van der Waals surface area contributed by atoms with Crippen molar-refractivity contribution in [2.75, 3.05) is 32.6 Å². The number of hydrogen-bond acceptors (Lipinski definition) is 5. The van der Waals surface area contributed by atoms with Crippen LogP contribution in [0, 0.1) is 0 Å². The number of amides is 1. The lowest BCUT2D eigenvalue weighted by atomic mass is 10.2. The van der Waals surface area contributed by atoms with E-state index in [1.807, 2.05) is 0 Å². The molecule has 0 saturated heterocycles. The van der Waals surface area contributed by atoms with Gasteiger partial charge in [0.25, 0.3) is 5.91 Å². The number of anilines is 1. The molecule has 2 rings (SSSR count). The maximum Gasteiger partial charge on any atom is 0.290 e. The lowest BCUT2D eigenvalue weighted by Crippen LogP contribution is -2.35. The van der Waals surface area contributed by atoms with Crippen LogP contribution in [0.15, 0.2) is 23.2 Å². The van der Waals surface area contributed by atoms with Gasteiger partial charge in [-0.25, -0.2) is 0 Å². The molecule has 1 aromatic rings. The largest absolute Gasteiger partial charge is 0.497 e. The van der Waals surface area contributed by atoms with Crippen LogP contribution in [0.4, 0.5) is 5.69 Å². The number of methoxy groups -OCH3 is 2. The van der Waals surface area contributed by atoms with E-state index in [9.17, 15) is 4.79 Å². The number of nitrogens with one attached hydrogen (secondary N) is 2. The third-order valence-electron chi connectivity index (χ3n) is 3.02. The molecule has 0 aliphatic carbocycles. The van der Waals surface area contributed by atoms with Crippen molar-refractivity contribution in [2.24, 2.45) is 4.99 Å². The minimum absolute atomic E-state index is 0.254. The summed E-state index contributed by atoms with van der Waals surface area (Å²) in [6.45, 7) is 1.45. The van der Waals surface area contributed by atoms with Gasteiger partial charge in [-0.15, -0.1) is 0 Å². The lowest BCUT2D eigenvalue weighted by Gasteiger charge is -2.12. The quantitative estimate of drug-likeness (QED) is 0.873. The molecule has 0 fully saturated rings. The molecule has 6 heteroatoms. The van der Waals surface area contributed by atoms with E-state index in [-0.39, 0.29) is 5.91 Å². The molecule has 0 saturated carbocycles. The van der Waals surface area contributed by atoms with Crippen LogP contribution in [0.3, 0.4) is 0 Å². The molecule has 6 nitrogen and oxygen atoms in total. The van der Waals surface area contributed by atoms with Gasteiger partial charge in [-0.3, -0.25) is 9.79 Å². The van der Waals surface area contributed by atoms with E-state index in [4.69, 9.17) is 9.47 Å². The van der Waals surface area contributed by atoms with E-state index in [1.165, 1.54) is 0 Å². The van der Waals surface area contributed by atoms with Crippen molar-refractivity contribution in [1.29, 1.82) is 0 Å². The van der Waals surface area contributed by atoms with Crippen LogP contribution in [0.25, 0.3) is 0 Å². The van der Waals surface area contributed by atoms with Crippen molar-refractivity contribution in [3.63, 3.8) is 0 Å². The second kappa shape index (κ2) is 6.79. The summed E-state index contributed by atoms with van der Waals surface area (Å²) in [5.74, 6) is 1.34. The monoisotopic (exact) mass is 277 g/mol. The van der Waals surface area contributed by atoms with Gasteiger partial charge in [0.15, 0.2) is 5.84 Å². The molecule has 0 spiro atoms. The van der Waals surface area contributed by atoms with E-state index in [2.05, 4.69) is 15.6 Å². The molecule has 0 atom stereocenters. The molecular weight excluding hydrogens is 258 g/mol. The molecule has 0 radical (unpaired) electrons. The summed E-state index contributed by atoms with van der Waals surface area (Å²) in [5.41, 5.74) is 0.590. The lowest BCUT2D eigenvalue weighted by molar-refractivity contribution is -0.110. The van der Waals surface area contributed by atoms with Crippen LogP contribution in [0.2, 0.25) is 0 Å². The maximum atomic E-state index is 12.2. The van der Waals surface area contributed by atoms with Gasteiger partial charge in [-0.05, 0) is 25.0 Å². The Kier molecular flexibility index (Phi) is 4.81. The first kappa shape index (κ1) is 14.2. The maximum absolute atomic E-state index is 12.2. The van der Waals surface area contributed by atoms with E-state index in [1.54, 1.807) is 32.4 Å². The summed E-state index contributed by atoms with van der Waals surface area (Å²) in [6.07, 6.45) is 2.02. The van der Waals surface area contributed by atoms with E-state index in [0.29, 0.717) is 29.6 Å². The van der Waals surface area contributed by atoms with Crippen molar-refractivity contribution < 1.29 is 14.3 Å². The number of amidine groups is 1. The molecule has 1 aliphatic heterocycles. The van der Waals surface area contributed by atoms with Gasteiger partial charge in [0.05, 0.1) is 19.9 Å². The van der Waals surface area contributed by atoms with Crippen molar-refractivity contribution >= 4 is 17.4 Å². The number of ether oxygens (including phenoxy) is 2. The zero-order valence-corrected chi connectivity index (χ0v) is 11.7. The normalized spacial score (nSPS) is 14.6. The summed E-state index contributed by atoms with van der Waals surface area (Å²) in [5, 5.41) is 5.83. The third-order valence-corrected chi connectivity index (χ3v) is 3.02. The summed E-state index contributed by atoms with van der Waals surface area (Å²) < 4.78 is 10.4. The topological polar surface area (TPSA) is 72.0 Å². The smallest absolute Gasteiger partial charge is 0.290 e. The number of aliphatic imine (C=N–C) groups is 1. The van der Waals surface area contributed by atoms with E-state index < -0.39 is 0 Å². The highest BCUT2D eigenvalue weighted by Gasteiger charge is 2.15. The molecule has 2 N–H and O–H groups in total. The average molecular weight is 277 g/mol. The molecule has 0 unspecified atom stereocenters. The van der Waals surface area contributed by atoms with Gasteiger partial charge < -0.3 is 20.1 Å². The highest BCUT2D eigenvalue weighted by atomic mass is 16.5. The molecule has 0 bridgehead atoms. The Balaban J connectivity index is 2.12. The van der Waals surface area contributed by atoms with Gasteiger partial charge in [0.2, 0.25) is 0 Å². The fraction of sp³-hybridized carbons (Fsp3) is 0.429. The average Bonchev–Trinajstić information content (AvgIpc) is 2.76. The Morgan fingerprint density at radius 2 is 2.15 bits per heavy atom. The SMILES string of the molecule is COc1ccc(NC(=O)C2=NCCCCN2)c(OC)c1. The van der Waals surface area contributed by atoms with Gasteiger partial charge in [0, 0.05) is 19.2 Å². The second-order valence-corrected chi connectivity index (χ2v) is 4.38. The van der Waals surface area contributed by atoms with Crippen LogP contribution in [-0.2, 0) is 4.79 Å². The Labute approximate surface area is 118 Å². The number of nitrogens with zero attached hydrogens (tertiary/aromatic N) is 1. The Hall–Kier alpha value is -2.24. The highest BCUT2D eigenvalue weighted by Crippen LogP contribution is 2.28. The number of benzene rings is 1. The van der Waals surface area contributed by atoms with Gasteiger partial charge in [0.1, 0.15) is 11.5 Å². The molecule has 1 aliphatic rings. The Bertz CT molecular complexity index is 514. The summed E-state index contributed by atoms with van der Waals surface area (Å²) >= 11 is 0. The summed E-state index contributed by atoms with van der Waals surface area (Å²) in [7, 11) is 3.13. The number of carbonyl (C=O) groups is 1. The fourth-order valence-electron chi connectivity index (χ4n) is 1.93. The molecule has 1 aromatic carbocycles. The predicted molar refractivity (Wildman–Crippen MR) is 77.7 cm³/mol. The standard InChI is InChI=1S/C14H19N3O3/c1-19-10-5-6-11(12(9-10)20-2)17-14(18)13-15-7-3-4-8-16-13/h5-6,9H,3-4,7-8H2,1-2H3,(H,15,16)(H,17,18).